The van der Waals surface area contributed by atoms with Crippen LogP contribution in [0.25, 0.3) is 10.9 Å². The van der Waals surface area contributed by atoms with Crippen molar-refractivity contribution in [2.75, 3.05) is 11.9 Å². The number of aromatic nitrogens is 1. The summed E-state index contributed by atoms with van der Waals surface area (Å²) in [6, 6.07) is 16.0. The number of nitrogens with zero attached hydrogens (tertiary/aromatic N) is 1. The number of nitrogens with two attached hydrogens (primary N) is 2. The number of para-hydroxylation sites is 1. The van der Waals surface area contributed by atoms with Crippen LogP contribution in [0.1, 0.15) is 31.2 Å². The highest BCUT2D eigenvalue weighted by atomic mass is 16.4. The molecule has 0 radical (unpaired) electrons. The number of aliphatic carboxylic acids is 1. The van der Waals surface area contributed by atoms with E-state index in [0.29, 0.717) is 24.9 Å². The molecule has 0 bridgehead atoms. The fraction of sp³-hybridized carbons (Fsp3) is 0.321. The van der Waals surface area contributed by atoms with Crippen molar-refractivity contribution in [2.24, 2.45) is 11.5 Å². The number of pyridine rings is 1. The van der Waals surface area contributed by atoms with Crippen LogP contribution in [0.4, 0.5) is 5.69 Å². The molecule has 11 heteroatoms. The number of anilines is 1. The first kappa shape index (κ1) is 29.2. The number of carboxylic acid groups (broad SMARTS) is 1. The fourth-order valence-electron chi connectivity index (χ4n) is 3.91. The molecule has 0 aliphatic rings. The maximum Gasteiger partial charge on any atom is 0.321 e. The monoisotopic (exact) mass is 534 g/mol. The van der Waals surface area contributed by atoms with E-state index in [1.807, 2.05) is 60.7 Å². The van der Waals surface area contributed by atoms with Crippen molar-refractivity contribution in [3.8, 4) is 0 Å². The maximum atomic E-state index is 13.2. The number of amides is 3. The van der Waals surface area contributed by atoms with Crippen LogP contribution in [0.15, 0.2) is 66.9 Å². The summed E-state index contributed by atoms with van der Waals surface area (Å²) >= 11 is 0. The highest BCUT2D eigenvalue weighted by Gasteiger charge is 2.24. The number of fused-ring (bicyclic) bond motifs is 1. The topological polar surface area (TPSA) is 190 Å². The molecule has 8 N–H and O–H groups in total. The van der Waals surface area contributed by atoms with Gasteiger partial charge in [-0.3, -0.25) is 24.2 Å². The van der Waals surface area contributed by atoms with Gasteiger partial charge in [-0.1, -0.05) is 48.5 Å². The summed E-state index contributed by atoms with van der Waals surface area (Å²) in [5, 5.41) is 17.8. The molecular weight excluding hydrogens is 500 g/mol. The molecule has 0 saturated heterocycles. The first-order valence-electron chi connectivity index (χ1n) is 12.7. The van der Waals surface area contributed by atoms with Gasteiger partial charge in [0.15, 0.2) is 0 Å². The van der Waals surface area contributed by atoms with E-state index >= 15 is 0 Å². The Morgan fingerprint density at radius 2 is 1.62 bits per heavy atom. The molecule has 3 atom stereocenters. The van der Waals surface area contributed by atoms with Gasteiger partial charge in [-0.15, -0.1) is 0 Å². The lowest BCUT2D eigenvalue weighted by molar-refractivity contribution is -0.140. The number of carbonyl (C=O) groups excluding carboxylic acids is 3. The first-order chi connectivity index (χ1) is 18.7. The van der Waals surface area contributed by atoms with Gasteiger partial charge < -0.3 is 32.5 Å². The summed E-state index contributed by atoms with van der Waals surface area (Å²) in [5.41, 5.74) is 13.8. The van der Waals surface area contributed by atoms with Gasteiger partial charge in [-0.05, 0) is 43.4 Å². The van der Waals surface area contributed by atoms with E-state index < -0.39 is 35.9 Å². The lowest BCUT2D eigenvalue weighted by atomic mass is 10.0. The van der Waals surface area contributed by atoms with E-state index in [2.05, 4.69) is 20.9 Å². The Hall–Kier alpha value is -4.35. The van der Waals surface area contributed by atoms with Gasteiger partial charge >= 0.3 is 5.97 Å². The van der Waals surface area contributed by atoms with E-state index in [4.69, 9.17) is 16.6 Å². The van der Waals surface area contributed by atoms with Crippen LogP contribution >= 0.6 is 0 Å². The molecule has 2 aromatic carbocycles. The van der Waals surface area contributed by atoms with Crippen molar-refractivity contribution in [1.82, 2.24) is 15.6 Å². The van der Waals surface area contributed by atoms with Crippen molar-refractivity contribution in [1.29, 1.82) is 0 Å². The van der Waals surface area contributed by atoms with E-state index in [1.165, 1.54) is 0 Å². The van der Waals surface area contributed by atoms with Crippen molar-refractivity contribution in [3.05, 3.63) is 72.4 Å². The molecule has 3 rings (SSSR count). The Labute approximate surface area is 226 Å². The Morgan fingerprint density at radius 1 is 0.897 bits per heavy atom. The molecule has 206 valence electrons. The molecule has 1 aromatic heterocycles. The summed E-state index contributed by atoms with van der Waals surface area (Å²) in [4.78, 5) is 52.9. The van der Waals surface area contributed by atoms with Crippen LogP contribution in [0, 0.1) is 0 Å². The normalized spacial score (nSPS) is 13.2. The molecule has 0 aliphatic carbocycles. The van der Waals surface area contributed by atoms with Crippen LogP contribution in [0.2, 0.25) is 0 Å². The van der Waals surface area contributed by atoms with Gasteiger partial charge in [0.1, 0.15) is 12.1 Å². The lowest BCUT2D eigenvalue weighted by Crippen LogP contribution is -2.50. The Bertz CT molecular complexity index is 1290. The van der Waals surface area contributed by atoms with Crippen molar-refractivity contribution in [3.63, 3.8) is 0 Å². The SMILES string of the molecule is N[C@@H](CC(=O)NCCC[C@H](N)C(=O)N[C@H](CCc1ccccc1)C(=O)Nc1cnc2ccccc2c1)C(=O)O. The molecule has 39 heavy (non-hydrogen) atoms. The highest BCUT2D eigenvalue weighted by molar-refractivity contribution is 5.99. The molecule has 0 fully saturated rings. The Kier molecular flexibility index (Phi) is 10.9. The molecule has 3 aromatic rings. The minimum atomic E-state index is -1.28. The number of hydrogen-bond acceptors (Lipinski definition) is 7. The van der Waals surface area contributed by atoms with Crippen molar-refractivity contribution < 1.29 is 24.3 Å². The fourth-order valence-corrected chi connectivity index (χ4v) is 3.91. The lowest BCUT2D eigenvalue weighted by Gasteiger charge is -2.21. The smallest absolute Gasteiger partial charge is 0.321 e. The second-order valence-electron chi connectivity index (χ2n) is 9.24. The van der Waals surface area contributed by atoms with Crippen LogP contribution in [-0.4, -0.2) is 58.5 Å². The number of carboxylic acids is 1. The third kappa shape index (κ3) is 9.47. The predicted molar refractivity (Wildman–Crippen MR) is 148 cm³/mol. The summed E-state index contributed by atoms with van der Waals surface area (Å²) in [7, 11) is 0. The highest BCUT2D eigenvalue weighted by Crippen LogP contribution is 2.17. The number of carbonyl (C=O) groups is 4. The second-order valence-corrected chi connectivity index (χ2v) is 9.24. The average Bonchev–Trinajstić information content (AvgIpc) is 2.93. The molecule has 0 saturated carbocycles. The minimum absolute atomic E-state index is 0.207. The zero-order chi connectivity index (χ0) is 28.2. The van der Waals surface area contributed by atoms with Crippen molar-refractivity contribution >= 4 is 40.3 Å². The van der Waals surface area contributed by atoms with E-state index in [-0.39, 0.29) is 25.3 Å². The van der Waals surface area contributed by atoms with E-state index in [9.17, 15) is 19.2 Å². The minimum Gasteiger partial charge on any atom is -0.480 e. The third-order valence-corrected chi connectivity index (χ3v) is 6.13. The summed E-state index contributed by atoms with van der Waals surface area (Å²) < 4.78 is 0. The Morgan fingerprint density at radius 3 is 2.36 bits per heavy atom. The number of rotatable bonds is 14. The number of aryl methyl sites for hydroxylation is 1. The molecule has 0 spiro atoms. The van der Waals surface area contributed by atoms with E-state index in [0.717, 1.165) is 16.5 Å². The molecule has 1 heterocycles. The molecule has 3 amide bonds. The molecule has 11 nitrogen and oxygen atoms in total. The van der Waals surface area contributed by atoms with Gasteiger partial charge in [-0.2, -0.15) is 0 Å². The molecule has 0 unspecified atom stereocenters. The van der Waals surface area contributed by atoms with Crippen LogP contribution in [-0.2, 0) is 25.6 Å². The summed E-state index contributed by atoms with van der Waals surface area (Å²) in [6.07, 6.45) is 2.78. The summed E-state index contributed by atoms with van der Waals surface area (Å²) in [5.74, 6) is -2.63. The third-order valence-electron chi connectivity index (χ3n) is 6.13. The van der Waals surface area contributed by atoms with Crippen molar-refractivity contribution in [2.45, 2.75) is 50.2 Å². The van der Waals surface area contributed by atoms with Crippen LogP contribution < -0.4 is 27.4 Å². The summed E-state index contributed by atoms with van der Waals surface area (Å²) in [6.45, 7) is 0.207. The Balaban J connectivity index is 1.56. The molecule has 0 aliphatic heterocycles. The van der Waals surface area contributed by atoms with Gasteiger partial charge in [0, 0.05) is 11.9 Å². The molecular formula is C28H34N6O5. The number of benzene rings is 2. The predicted octanol–water partition coefficient (Wildman–Crippen LogP) is 1.32. The van der Waals surface area contributed by atoms with E-state index in [1.54, 1.807) is 6.20 Å². The van der Waals surface area contributed by atoms with Gasteiger partial charge in [0.25, 0.3) is 0 Å². The second kappa shape index (κ2) is 14.6. The quantitative estimate of drug-likeness (QED) is 0.167. The van der Waals surface area contributed by atoms with Crippen LogP contribution in [0.3, 0.4) is 0 Å². The maximum absolute atomic E-state index is 13.2. The van der Waals surface area contributed by atoms with Crippen LogP contribution in [0.5, 0.6) is 0 Å². The first-order valence-corrected chi connectivity index (χ1v) is 12.7. The average molecular weight is 535 g/mol. The number of hydrogen-bond donors (Lipinski definition) is 6. The standard InChI is InChI=1S/C28H34N6O5/c29-21(10-6-14-31-25(35)16-22(30)28(38)39)26(36)34-24(13-12-18-7-2-1-3-8-18)27(37)33-20-15-19-9-4-5-11-23(19)32-17-20/h1-5,7-9,11,15,17,21-22,24H,6,10,12-14,16,29-30H2,(H,31,35)(H,33,37)(H,34,36)(H,38,39)/t21-,22-,24+/m0/s1. The zero-order valence-electron chi connectivity index (χ0n) is 21.5. The van der Waals surface area contributed by atoms with Gasteiger partial charge in [0.05, 0.1) is 29.9 Å². The zero-order valence-corrected chi connectivity index (χ0v) is 21.5. The van der Waals surface area contributed by atoms with Gasteiger partial charge in [-0.25, -0.2) is 0 Å². The van der Waals surface area contributed by atoms with Gasteiger partial charge in [0.2, 0.25) is 17.7 Å². The largest absolute Gasteiger partial charge is 0.480 e. The number of nitrogens with one attached hydrogen (secondary N) is 3.